The highest BCUT2D eigenvalue weighted by Crippen LogP contribution is 2.28. The number of hydrogen-bond donors (Lipinski definition) is 0. The minimum atomic E-state index is -0.966. The Morgan fingerprint density at radius 1 is 0.686 bits per heavy atom. The summed E-state index contributed by atoms with van der Waals surface area (Å²) in [6.07, 6.45) is 0.343. The van der Waals surface area contributed by atoms with Crippen LogP contribution in [0, 0.1) is 10.8 Å². The summed E-state index contributed by atoms with van der Waals surface area (Å²) in [5.41, 5.74) is -1.63. The summed E-state index contributed by atoms with van der Waals surface area (Å²) in [6, 6.07) is 0. The van der Waals surface area contributed by atoms with E-state index in [-0.39, 0.29) is 56.5 Å². The van der Waals surface area contributed by atoms with Gasteiger partial charge >= 0.3 is 29.8 Å². The Labute approximate surface area is 223 Å². The second-order valence-electron chi connectivity index (χ2n) is 9.16. The van der Waals surface area contributed by atoms with Crippen molar-refractivity contribution < 1.29 is 47.7 Å². The van der Waals surface area contributed by atoms with Gasteiger partial charge in [0.15, 0.2) is 0 Å². The molecule has 0 aliphatic carbocycles. The summed E-state index contributed by atoms with van der Waals surface area (Å²) in [7, 11) is 1.25. The average molecular weight is 632 g/mol. The van der Waals surface area contributed by atoms with Gasteiger partial charge in [-0.3, -0.25) is 24.0 Å². The Morgan fingerprint density at radius 2 is 1.06 bits per heavy atom. The molecule has 0 amide bonds. The van der Waals surface area contributed by atoms with Gasteiger partial charge < -0.3 is 23.7 Å². The zero-order chi connectivity index (χ0) is 27.2. The largest absolute Gasteiger partial charge is 0.468 e. The minimum Gasteiger partial charge on any atom is -0.468 e. The van der Waals surface area contributed by atoms with Gasteiger partial charge in [0.2, 0.25) is 0 Å². The SMILES string of the molecule is COC(=O)C(Br)CC(C)(C)C(=O)OCCOC(=O)CCC(=O)OCCOC(=O)C(C)(C)CC(C)Br. The second kappa shape index (κ2) is 16.1. The maximum Gasteiger partial charge on any atom is 0.319 e. The van der Waals surface area contributed by atoms with Gasteiger partial charge in [-0.15, -0.1) is 0 Å². The Morgan fingerprint density at radius 3 is 1.43 bits per heavy atom. The molecule has 202 valence electrons. The molecule has 0 aliphatic rings. The van der Waals surface area contributed by atoms with Crippen LogP contribution in [0.2, 0.25) is 0 Å². The number of rotatable bonds is 16. The van der Waals surface area contributed by atoms with Crippen LogP contribution >= 0.6 is 31.9 Å². The normalized spacial score (nSPS) is 13.3. The number of carbonyl (C=O) groups is 5. The number of alkyl halides is 2. The summed E-state index contributed by atoms with van der Waals surface area (Å²) in [4.78, 5) is 58.8. The summed E-state index contributed by atoms with van der Waals surface area (Å²) in [6.45, 7) is 8.19. The van der Waals surface area contributed by atoms with E-state index < -0.39 is 39.5 Å². The molecule has 0 aliphatic heterocycles. The number of halogens is 2. The van der Waals surface area contributed by atoms with Gasteiger partial charge in [-0.05, 0) is 40.5 Å². The highest BCUT2D eigenvalue weighted by atomic mass is 79.9. The highest BCUT2D eigenvalue weighted by Gasteiger charge is 2.34. The number of esters is 5. The first kappa shape index (κ1) is 33.3. The van der Waals surface area contributed by atoms with Crippen LogP contribution in [0.4, 0.5) is 0 Å². The van der Waals surface area contributed by atoms with Crippen molar-refractivity contribution in [3.8, 4) is 0 Å². The summed E-state index contributed by atoms with van der Waals surface area (Å²) in [5, 5.41) is 0. The van der Waals surface area contributed by atoms with Crippen molar-refractivity contribution in [1.29, 1.82) is 0 Å². The molecule has 0 saturated heterocycles. The molecular formula is C23H36Br2O10. The van der Waals surface area contributed by atoms with Crippen LogP contribution in [0.5, 0.6) is 0 Å². The van der Waals surface area contributed by atoms with Gasteiger partial charge in [0, 0.05) is 4.83 Å². The van der Waals surface area contributed by atoms with Gasteiger partial charge in [0.1, 0.15) is 31.3 Å². The summed E-state index contributed by atoms with van der Waals surface area (Å²) >= 11 is 6.57. The fourth-order valence-electron chi connectivity index (χ4n) is 2.85. The van der Waals surface area contributed by atoms with E-state index in [1.54, 1.807) is 27.7 Å². The first-order chi connectivity index (χ1) is 16.1. The smallest absolute Gasteiger partial charge is 0.319 e. The molecule has 0 aromatic heterocycles. The molecule has 2 atom stereocenters. The van der Waals surface area contributed by atoms with Crippen LogP contribution in [0.15, 0.2) is 0 Å². The van der Waals surface area contributed by atoms with Crippen LogP contribution < -0.4 is 0 Å². The van der Waals surface area contributed by atoms with Gasteiger partial charge in [-0.2, -0.15) is 0 Å². The van der Waals surface area contributed by atoms with E-state index in [1.165, 1.54) is 7.11 Å². The van der Waals surface area contributed by atoms with E-state index in [0.29, 0.717) is 6.42 Å². The molecule has 35 heavy (non-hydrogen) atoms. The standard InChI is InChI=1S/C23H36Br2O10/c1-15(24)13-22(2,3)20(29)34-11-9-32-17(26)7-8-18(27)33-10-12-35-21(30)23(4,5)14-16(25)19(28)31-6/h15-16H,7-14H2,1-6H3. The first-order valence-corrected chi connectivity index (χ1v) is 13.0. The van der Waals surface area contributed by atoms with Gasteiger partial charge in [-0.25, -0.2) is 0 Å². The number of hydrogen-bond acceptors (Lipinski definition) is 10. The maximum absolute atomic E-state index is 12.2. The lowest BCUT2D eigenvalue weighted by Gasteiger charge is -2.24. The molecule has 0 fully saturated rings. The molecule has 0 rings (SSSR count). The zero-order valence-electron chi connectivity index (χ0n) is 21.1. The lowest BCUT2D eigenvalue weighted by Crippen LogP contribution is -2.33. The topological polar surface area (TPSA) is 132 Å². The van der Waals surface area contributed by atoms with Crippen LogP contribution in [-0.4, -0.2) is 73.0 Å². The third-order valence-electron chi connectivity index (χ3n) is 4.74. The van der Waals surface area contributed by atoms with Gasteiger partial charge in [0.25, 0.3) is 0 Å². The molecule has 0 aromatic carbocycles. The van der Waals surface area contributed by atoms with Crippen molar-refractivity contribution in [2.24, 2.45) is 10.8 Å². The van der Waals surface area contributed by atoms with E-state index in [9.17, 15) is 24.0 Å². The lowest BCUT2D eigenvalue weighted by atomic mass is 9.88. The molecular weight excluding hydrogens is 596 g/mol. The first-order valence-electron chi connectivity index (χ1n) is 11.1. The molecule has 0 saturated carbocycles. The average Bonchev–Trinajstić information content (AvgIpc) is 2.75. The molecule has 10 nitrogen and oxygen atoms in total. The maximum atomic E-state index is 12.2. The fourth-order valence-corrected chi connectivity index (χ4v) is 4.65. The Hall–Kier alpha value is -1.69. The van der Waals surface area contributed by atoms with Crippen LogP contribution in [0.1, 0.15) is 60.3 Å². The monoisotopic (exact) mass is 630 g/mol. The predicted octanol–water partition coefficient (Wildman–Crippen LogP) is 3.49. The zero-order valence-corrected chi connectivity index (χ0v) is 24.3. The number of ether oxygens (including phenoxy) is 5. The third-order valence-corrected chi connectivity index (χ3v) is 5.76. The quantitative estimate of drug-likeness (QED) is 0.108. The van der Waals surface area contributed by atoms with Crippen molar-refractivity contribution in [3.63, 3.8) is 0 Å². The molecule has 0 N–H and O–H groups in total. The van der Waals surface area contributed by atoms with Gasteiger partial charge in [-0.1, -0.05) is 38.8 Å². The van der Waals surface area contributed by atoms with Crippen molar-refractivity contribution in [2.75, 3.05) is 33.5 Å². The van der Waals surface area contributed by atoms with Crippen molar-refractivity contribution >= 4 is 61.7 Å². The number of carbonyl (C=O) groups excluding carboxylic acids is 5. The molecule has 2 unspecified atom stereocenters. The van der Waals surface area contributed by atoms with E-state index in [0.717, 1.165) is 0 Å². The molecule has 0 spiro atoms. The van der Waals surface area contributed by atoms with E-state index in [2.05, 4.69) is 36.6 Å². The van der Waals surface area contributed by atoms with Gasteiger partial charge in [0.05, 0.1) is 30.8 Å². The third kappa shape index (κ3) is 14.5. The van der Waals surface area contributed by atoms with Crippen LogP contribution in [-0.2, 0) is 47.7 Å². The Balaban J connectivity index is 4.07. The van der Waals surface area contributed by atoms with E-state index in [4.69, 9.17) is 18.9 Å². The van der Waals surface area contributed by atoms with Crippen molar-refractivity contribution in [2.45, 2.75) is 70.0 Å². The van der Waals surface area contributed by atoms with Crippen molar-refractivity contribution in [1.82, 2.24) is 0 Å². The lowest BCUT2D eigenvalue weighted by molar-refractivity contribution is -0.161. The predicted molar refractivity (Wildman–Crippen MR) is 133 cm³/mol. The number of methoxy groups -OCH3 is 1. The summed E-state index contributed by atoms with van der Waals surface area (Å²) < 4.78 is 24.7. The second-order valence-corrected chi connectivity index (χ2v) is 11.8. The Kier molecular flexibility index (Phi) is 15.4. The minimum absolute atomic E-state index is 0.0771. The van der Waals surface area contributed by atoms with Crippen LogP contribution in [0.3, 0.4) is 0 Å². The highest BCUT2D eigenvalue weighted by molar-refractivity contribution is 9.10. The Bertz CT molecular complexity index is 734. The fraction of sp³-hybridized carbons (Fsp3) is 0.783. The molecule has 0 heterocycles. The molecule has 12 heteroatoms. The molecule has 0 aromatic rings. The molecule has 0 bridgehead atoms. The molecule has 0 radical (unpaired) electrons. The van der Waals surface area contributed by atoms with Crippen LogP contribution in [0.25, 0.3) is 0 Å². The van der Waals surface area contributed by atoms with Crippen molar-refractivity contribution in [3.05, 3.63) is 0 Å². The van der Waals surface area contributed by atoms with E-state index >= 15 is 0 Å². The summed E-state index contributed by atoms with van der Waals surface area (Å²) in [5.74, 6) is -2.72. The van der Waals surface area contributed by atoms with E-state index in [1.807, 2.05) is 6.92 Å².